The zero-order valence-electron chi connectivity index (χ0n) is 15.1. The van der Waals surface area contributed by atoms with Gasteiger partial charge in [0, 0.05) is 25.7 Å². The van der Waals surface area contributed by atoms with Crippen LogP contribution in [-0.2, 0) is 29.4 Å². The number of halogens is 2. The van der Waals surface area contributed by atoms with Crippen molar-refractivity contribution in [2.45, 2.75) is 19.3 Å². The van der Waals surface area contributed by atoms with Crippen LogP contribution in [0.4, 0.5) is 8.78 Å². The van der Waals surface area contributed by atoms with E-state index in [9.17, 15) is 18.4 Å². The van der Waals surface area contributed by atoms with Crippen molar-refractivity contribution in [3.63, 3.8) is 0 Å². The summed E-state index contributed by atoms with van der Waals surface area (Å²) in [6.45, 7) is -0.916. The number of hydrogen-bond donors (Lipinski definition) is 0. The average Bonchev–Trinajstić information content (AvgIpc) is 3.08. The number of carbonyl (C=O) groups excluding carboxylic acids is 1. The molecule has 7 nitrogen and oxygen atoms in total. The molecule has 0 fully saturated rings. The van der Waals surface area contributed by atoms with Crippen LogP contribution in [0.1, 0.15) is 16.8 Å². The Labute approximate surface area is 159 Å². The minimum atomic E-state index is -2.69. The van der Waals surface area contributed by atoms with Gasteiger partial charge in [-0.2, -0.15) is 10.2 Å². The highest BCUT2D eigenvalue weighted by atomic mass is 19.3. The van der Waals surface area contributed by atoms with Gasteiger partial charge >= 0.3 is 5.97 Å². The third kappa shape index (κ3) is 5.09. The maximum absolute atomic E-state index is 12.2. The van der Waals surface area contributed by atoms with Gasteiger partial charge < -0.3 is 4.74 Å². The first-order valence-corrected chi connectivity index (χ1v) is 8.50. The zero-order valence-corrected chi connectivity index (χ0v) is 15.1. The van der Waals surface area contributed by atoms with Crippen molar-refractivity contribution in [2.75, 3.05) is 6.61 Å². The van der Waals surface area contributed by atoms with E-state index in [-0.39, 0.29) is 18.3 Å². The predicted octanol–water partition coefficient (Wildman–Crippen LogP) is 1.91. The summed E-state index contributed by atoms with van der Waals surface area (Å²) in [7, 11) is 1.78. The molecule has 2 heterocycles. The van der Waals surface area contributed by atoms with Gasteiger partial charge in [-0.1, -0.05) is 24.3 Å². The molecule has 2 aromatic heterocycles. The van der Waals surface area contributed by atoms with Gasteiger partial charge in [0.25, 0.3) is 6.43 Å². The summed E-state index contributed by atoms with van der Waals surface area (Å²) < 4.78 is 31.9. The molecular formula is C19H18F2N4O3. The molecule has 0 N–H and O–H groups in total. The Bertz CT molecular complexity index is 1030. The third-order valence-electron chi connectivity index (χ3n) is 3.92. The Morgan fingerprint density at radius 1 is 1.25 bits per heavy atom. The quantitative estimate of drug-likeness (QED) is 0.578. The Morgan fingerprint density at radius 3 is 2.75 bits per heavy atom. The monoisotopic (exact) mass is 388 g/mol. The van der Waals surface area contributed by atoms with Gasteiger partial charge in [-0.05, 0) is 11.1 Å². The summed E-state index contributed by atoms with van der Waals surface area (Å²) in [5.74, 6) is -0.728. The van der Waals surface area contributed by atoms with Crippen molar-refractivity contribution in [1.29, 1.82) is 0 Å². The van der Waals surface area contributed by atoms with E-state index in [1.54, 1.807) is 59.3 Å². The lowest BCUT2D eigenvalue weighted by molar-refractivity contribution is -0.146. The van der Waals surface area contributed by atoms with Gasteiger partial charge in [0.15, 0.2) is 6.61 Å². The van der Waals surface area contributed by atoms with Crippen LogP contribution < -0.4 is 5.43 Å². The van der Waals surface area contributed by atoms with Crippen LogP contribution in [0.15, 0.2) is 53.7 Å². The molecule has 28 heavy (non-hydrogen) atoms. The van der Waals surface area contributed by atoms with Crippen molar-refractivity contribution < 1.29 is 18.3 Å². The summed E-state index contributed by atoms with van der Waals surface area (Å²) in [5.41, 5.74) is 2.23. The second-order valence-corrected chi connectivity index (χ2v) is 6.19. The highest BCUT2D eigenvalue weighted by Gasteiger charge is 2.11. The number of esters is 1. The van der Waals surface area contributed by atoms with E-state index in [1.165, 1.54) is 6.07 Å². The number of rotatable bonds is 7. The lowest BCUT2D eigenvalue weighted by Gasteiger charge is -2.07. The average molecular weight is 388 g/mol. The number of ether oxygens (including phenoxy) is 1. The standard InChI is InChI=1S/C19H18F2N4O3/c1-24-11-15(10-22-24)25-6-5-17(26)16(23-25)8-13-3-2-4-14(7-13)9-19(27)28-12-18(20)21/h2-7,10-11,18H,8-9,12H2,1H3. The Kier molecular flexibility index (Phi) is 5.93. The Hall–Kier alpha value is -3.36. The van der Waals surface area contributed by atoms with Crippen molar-refractivity contribution in [3.8, 4) is 5.69 Å². The molecule has 0 saturated heterocycles. The van der Waals surface area contributed by atoms with E-state index in [0.29, 0.717) is 11.3 Å². The highest BCUT2D eigenvalue weighted by molar-refractivity contribution is 5.72. The van der Waals surface area contributed by atoms with Crippen molar-refractivity contribution in [2.24, 2.45) is 7.05 Å². The predicted molar refractivity (Wildman–Crippen MR) is 96.5 cm³/mol. The van der Waals surface area contributed by atoms with Gasteiger partial charge in [-0.25, -0.2) is 13.5 Å². The number of aryl methyl sites for hydroxylation is 1. The van der Waals surface area contributed by atoms with Crippen molar-refractivity contribution >= 4 is 5.97 Å². The molecule has 9 heteroatoms. The van der Waals surface area contributed by atoms with E-state index in [1.807, 2.05) is 0 Å². The van der Waals surface area contributed by atoms with Crippen LogP contribution in [0.3, 0.4) is 0 Å². The minimum absolute atomic E-state index is 0.122. The highest BCUT2D eigenvalue weighted by Crippen LogP contribution is 2.11. The number of nitrogens with zero attached hydrogens (tertiary/aromatic N) is 4. The van der Waals surface area contributed by atoms with Crippen LogP contribution in [0, 0.1) is 0 Å². The summed E-state index contributed by atoms with van der Waals surface area (Å²) in [6, 6.07) is 8.39. The molecule has 3 aromatic rings. The minimum Gasteiger partial charge on any atom is -0.459 e. The summed E-state index contributed by atoms with van der Waals surface area (Å²) in [6.07, 6.45) is 2.42. The van der Waals surface area contributed by atoms with Crippen LogP contribution in [0.25, 0.3) is 5.69 Å². The van der Waals surface area contributed by atoms with Crippen molar-refractivity contribution in [1.82, 2.24) is 19.6 Å². The van der Waals surface area contributed by atoms with Gasteiger partial charge in [-0.15, -0.1) is 0 Å². The number of benzene rings is 1. The molecule has 0 radical (unpaired) electrons. The van der Waals surface area contributed by atoms with E-state index >= 15 is 0 Å². The van der Waals surface area contributed by atoms with E-state index < -0.39 is 19.0 Å². The molecule has 0 aliphatic heterocycles. The summed E-state index contributed by atoms with van der Waals surface area (Å²) >= 11 is 0. The molecule has 146 valence electrons. The Morgan fingerprint density at radius 2 is 2.04 bits per heavy atom. The topological polar surface area (TPSA) is 79.0 Å². The second kappa shape index (κ2) is 8.55. The van der Waals surface area contributed by atoms with Crippen LogP contribution in [0.2, 0.25) is 0 Å². The number of alkyl halides is 2. The fourth-order valence-corrected chi connectivity index (χ4v) is 2.66. The first-order chi connectivity index (χ1) is 13.4. The molecule has 0 atom stereocenters. The molecule has 0 saturated carbocycles. The van der Waals surface area contributed by atoms with Crippen molar-refractivity contribution in [3.05, 3.63) is 76.0 Å². The Balaban J connectivity index is 1.75. The molecule has 0 aliphatic carbocycles. The molecule has 0 bridgehead atoms. The van der Waals surface area contributed by atoms with Gasteiger partial charge in [0.1, 0.15) is 11.4 Å². The third-order valence-corrected chi connectivity index (χ3v) is 3.92. The van der Waals surface area contributed by atoms with Gasteiger partial charge in [0.05, 0.1) is 18.8 Å². The summed E-state index contributed by atoms with van der Waals surface area (Å²) in [5, 5.41) is 8.45. The lowest BCUT2D eigenvalue weighted by Crippen LogP contribution is -2.16. The fraction of sp³-hybridized carbons (Fsp3) is 0.263. The van der Waals surface area contributed by atoms with Crippen LogP contribution in [-0.4, -0.2) is 38.6 Å². The second-order valence-electron chi connectivity index (χ2n) is 6.19. The molecule has 0 unspecified atom stereocenters. The van der Waals surface area contributed by atoms with Gasteiger partial charge in [0.2, 0.25) is 5.43 Å². The van der Waals surface area contributed by atoms with E-state index in [2.05, 4.69) is 14.9 Å². The molecule has 3 rings (SSSR count). The zero-order chi connectivity index (χ0) is 20.1. The smallest absolute Gasteiger partial charge is 0.310 e. The maximum atomic E-state index is 12.2. The van der Waals surface area contributed by atoms with E-state index in [4.69, 9.17) is 0 Å². The lowest BCUT2D eigenvalue weighted by atomic mass is 10.0. The SMILES string of the molecule is Cn1cc(-n2ccc(=O)c(Cc3cccc(CC(=O)OCC(F)F)c3)n2)cn1. The number of aromatic nitrogens is 4. The number of hydrogen-bond acceptors (Lipinski definition) is 5. The first-order valence-electron chi connectivity index (χ1n) is 8.50. The molecule has 1 aromatic carbocycles. The molecule has 0 spiro atoms. The maximum Gasteiger partial charge on any atom is 0.310 e. The van der Waals surface area contributed by atoms with E-state index in [0.717, 1.165) is 11.3 Å². The normalized spacial score (nSPS) is 11.0. The summed E-state index contributed by atoms with van der Waals surface area (Å²) in [4.78, 5) is 23.8. The first kappa shape index (κ1) is 19.4. The largest absolute Gasteiger partial charge is 0.459 e. The van der Waals surface area contributed by atoms with Crippen LogP contribution >= 0.6 is 0 Å². The van der Waals surface area contributed by atoms with Crippen LogP contribution in [0.5, 0.6) is 0 Å². The molecule has 0 amide bonds. The van der Waals surface area contributed by atoms with Gasteiger partial charge in [-0.3, -0.25) is 14.3 Å². The molecule has 0 aliphatic rings. The molecular weight excluding hydrogens is 370 g/mol. The number of carbonyl (C=O) groups is 1. The fourth-order valence-electron chi connectivity index (χ4n) is 2.66.